The number of likely N-dealkylation sites (N-methyl/N-ethyl adjacent to an activating group) is 1. The van der Waals surface area contributed by atoms with E-state index in [0.29, 0.717) is 17.0 Å². The van der Waals surface area contributed by atoms with Crippen molar-refractivity contribution in [1.82, 2.24) is 9.80 Å². The summed E-state index contributed by atoms with van der Waals surface area (Å²) in [5, 5.41) is 15.3. The summed E-state index contributed by atoms with van der Waals surface area (Å²) in [7, 11) is 1.54. The van der Waals surface area contributed by atoms with Gasteiger partial charge < -0.3 is 30.3 Å². The molecule has 3 atom stereocenters. The summed E-state index contributed by atoms with van der Waals surface area (Å²) in [5.74, 6) is -0.0939. The fourth-order valence-corrected chi connectivity index (χ4v) is 4.63. The van der Waals surface area contributed by atoms with Crippen molar-refractivity contribution in [3.05, 3.63) is 53.6 Å². The molecule has 1 aliphatic heterocycles. The summed E-state index contributed by atoms with van der Waals surface area (Å²) < 4.78 is 45.0. The molecule has 1 heterocycles. The van der Waals surface area contributed by atoms with Crippen LogP contribution >= 0.6 is 0 Å². The van der Waals surface area contributed by atoms with E-state index in [2.05, 4.69) is 10.6 Å². The number of rotatable bonds is 7. The summed E-state index contributed by atoms with van der Waals surface area (Å²) in [5.41, 5.74) is 0.505. The molecule has 41 heavy (non-hydrogen) atoms. The average molecular weight is 577 g/mol. The minimum atomic E-state index is -4.48. The number of aliphatic hydroxyl groups is 1. The number of alkyl halides is 3. The van der Waals surface area contributed by atoms with Crippen LogP contribution in [0.5, 0.6) is 5.75 Å². The molecule has 2 aliphatic rings. The second kappa shape index (κ2) is 12.4. The molecule has 1 saturated carbocycles. The molecule has 2 aromatic carbocycles. The molecule has 4 rings (SSSR count). The van der Waals surface area contributed by atoms with Crippen molar-refractivity contribution >= 4 is 29.2 Å². The highest BCUT2D eigenvalue weighted by Crippen LogP contribution is 2.33. The number of hydrogen-bond donors (Lipinski definition) is 3. The van der Waals surface area contributed by atoms with Gasteiger partial charge in [0.1, 0.15) is 11.9 Å². The normalized spacial score (nSPS) is 20.1. The predicted molar refractivity (Wildman–Crippen MR) is 146 cm³/mol. The summed E-state index contributed by atoms with van der Waals surface area (Å²) in [4.78, 5) is 41.5. The Hall–Kier alpha value is -3.80. The van der Waals surface area contributed by atoms with Crippen LogP contribution in [0.3, 0.4) is 0 Å². The number of ether oxygens (including phenoxy) is 1. The van der Waals surface area contributed by atoms with Crippen molar-refractivity contribution in [3.8, 4) is 5.75 Å². The van der Waals surface area contributed by atoms with Crippen molar-refractivity contribution in [3.63, 3.8) is 0 Å². The molecule has 0 aromatic heterocycles. The molecule has 4 amide bonds. The zero-order chi connectivity index (χ0) is 29.9. The standard InChI is InChI=1S/C29H35F3N4O5/c1-17-14-36(18(2)16-37)26(38)13-20-12-23(33-27(39)19-4-5-19)10-11-24(20)41-25(17)15-35(3)28(40)34-22-8-6-21(7-9-22)29(30,31)32/h6-12,17-19,25,37H,4-5,13-16H2,1-3H3,(H,33,39)(H,34,40)/t17-,18-,25-/m0/s1. The zero-order valence-electron chi connectivity index (χ0n) is 23.2. The molecule has 12 heteroatoms. The first-order valence-electron chi connectivity index (χ1n) is 13.6. The van der Waals surface area contributed by atoms with Crippen molar-refractivity contribution in [2.45, 2.75) is 51.4 Å². The van der Waals surface area contributed by atoms with Gasteiger partial charge in [0.2, 0.25) is 11.8 Å². The number of nitrogens with zero attached hydrogens (tertiary/aromatic N) is 2. The Morgan fingerprint density at radius 1 is 1.12 bits per heavy atom. The van der Waals surface area contributed by atoms with Gasteiger partial charge in [-0.25, -0.2) is 4.79 Å². The average Bonchev–Trinajstić information content (AvgIpc) is 3.77. The lowest BCUT2D eigenvalue weighted by atomic mass is 10.0. The minimum Gasteiger partial charge on any atom is -0.488 e. The van der Waals surface area contributed by atoms with E-state index in [1.165, 1.54) is 17.0 Å². The van der Waals surface area contributed by atoms with Crippen LogP contribution in [0, 0.1) is 11.8 Å². The number of amides is 4. The third kappa shape index (κ3) is 7.69. The Morgan fingerprint density at radius 2 is 1.78 bits per heavy atom. The third-order valence-corrected chi connectivity index (χ3v) is 7.40. The lowest BCUT2D eigenvalue weighted by Crippen LogP contribution is -2.48. The number of aliphatic hydroxyl groups excluding tert-OH is 1. The number of urea groups is 1. The largest absolute Gasteiger partial charge is 0.488 e. The van der Waals surface area contributed by atoms with Crippen molar-refractivity contribution in [1.29, 1.82) is 0 Å². The number of halogens is 3. The maximum atomic E-state index is 13.3. The Kier molecular flexibility index (Phi) is 9.11. The molecule has 1 aliphatic carbocycles. The summed E-state index contributed by atoms with van der Waals surface area (Å²) in [6, 6.07) is 8.27. The van der Waals surface area contributed by atoms with Gasteiger partial charge in [-0.1, -0.05) is 6.92 Å². The van der Waals surface area contributed by atoms with Crippen molar-refractivity contribution in [2.75, 3.05) is 37.4 Å². The van der Waals surface area contributed by atoms with Gasteiger partial charge >= 0.3 is 12.2 Å². The first-order chi connectivity index (χ1) is 19.3. The van der Waals surface area contributed by atoms with E-state index in [-0.39, 0.29) is 55.5 Å². The maximum absolute atomic E-state index is 13.3. The van der Waals surface area contributed by atoms with Gasteiger partial charge in [0.25, 0.3) is 0 Å². The molecule has 9 nitrogen and oxygen atoms in total. The first-order valence-corrected chi connectivity index (χ1v) is 13.6. The van der Waals surface area contributed by atoms with Gasteiger partial charge in [0.15, 0.2) is 0 Å². The molecular formula is C29H35F3N4O5. The SMILES string of the molecule is C[C@H]1CN([C@@H](C)CO)C(=O)Cc2cc(NC(=O)C3CC3)ccc2O[C@H]1CN(C)C(=O)Nc1ccc(C(F)(F)F)cc1. The van der Waals surface area contributed by atoms with E-state index in [0.717, 1.165) is 25.0 Å². The van der Waals surface area contributed by atoms with Gasteiger partial charge in [-0.3, -0.25) is 9.59 Å². The Balaban J connectivity index is 1.53. The number of benzene rings is 2. The quantitative estimate of drug-likeness (QED) is 0.454. The van der Waals surface area contributed by atoms with Crippen molar-refractivity contribution in [2.24, 2.45) is 11.8 Å². The van der Waals surface area contributed by atoms with Gasteiger partial charge in [-0.2, -0.15) is 13.2 Å². The molecule has 0 saturated heterocycles. The Bertz CT molecular complexity index is 1270. The molecule has 0 unspecified atom stereocenters. The number of carbonyl (C=O) groups is 3. The highest BCUT2D eigenvalue weighted by atomic mass is 19.4. The van der Waals surface area contributed by atoms with Crippen LogP contribution in [0.4, 0.5) is 29.3 Å². The zero-order valence-corrected chi connectivity index (χ0v) is 23.2. The van der Waals surface area contributed by atoms with Crippen LogP contribution in [-0.4, -0.2) is 71.6 Å². The second-order valence-electron chi connectivity index (χ2n) is 10.9. The maximum Gasteiger partial charge on any atom is 0.416 e. The van der Waals surface area contributed by atoms with E-state index >= 15 is 0 Å². The number of anilines is 2. The Labute approximate surface area is 236 Å². The molecular weight excluding hydrogens is 541 g/mol. The smallest absolute Gasteiger partial charge is 0.416 e. The van der Waals surface area contributed by atoms with Crippen molar-refractivity contribution < 1.29 is 37.4 Å². The molecule has 0 radical (unpaired) electrons. The molecule has 1 fully saturated rings. The molecule has 2 aromatic rings. The fraction of sp³-hybridized carbons (Fsp3) is 0.483. The van der Waals surface area contributed by atoms with Crippen LogP contribution < -0.4 is 15.4 Å². The molecule has 0 bridgehead atoms. The van der Waals surface area contributed by atoms with Gasteiger partial charge in [0, 0.05) is 42.4 Å². The predicted octanol–water partition coefficient (Wildman–Crippen LogP) is 4.37. The number of fused-ring (bicyclic) bond motifs is 1. The third-order valence-electron chi connectivity index (χ3n) is 7.40. The van der Waals surface area contributed by atoms with Crippen LogP contribution in [0.25, 0.3) is 0 Å². The summed E-state index contributed by atoms with van der Waals surface area (Å²) in [6.07, 6.45) is -3.36. The van der Waals surface area contributed by atoms with E-state index in [9.17, 15) is 32.7 Å². The summed E-state index contributed by atoms with van der Waals surface area (Å²) in [6.45, 7) is 3.76. The van der Waals surface area contributed by atoms with E-state index in [1.807, 2.05) is 6.92 Å². The van der Waals surface area contributed by atoms with Crippen LogP contribution in [0.1, 0.15) is 37.8 Å². The second-order valence-corrected chi connectivity index (χ2v) is 10.9. The van der Waals surface area contributed by atoms with Gasteiger partial charge in [0.05, 0.1) is 31.2 Å². The topological polar surface area (TPSA) is 111 Å². The highest BCUT2D eigenvalue weighted by Gasteiger charge is 2.33. The van der Waals surface area contributed by atoms with Crippen LogP contribution in [-0.2, 0) is 22.2 Å². The van der Waals surface area contributed by atoms with E-state index < -0.39 is 29.9 Å². The summed E-state index contributed by atoms with van der Waals surface area (Å²) >= 11 is 0. The minimum absolute atomic E-state index is 0.00347. The number of carbonyl (C=O) groups excluding carboxylic acids is 3. The van der Waals surface area contributed by atoms with Crippen LogP contribution in [0.2, 0.25) is 0 Å². The molecule has 3 N–H and O–H groups in total. The Morgan fingerprint density at radius 3 is 2.39 bits per heavy atom. The molecule has 222 valence electrons. The van der Waals surface area contributed by atoms with Gasteiger partial charge in [-0.05, 0) is 62.2 Å². The number of nitrogens with one attached hydrogen (secondary N) is 2. The lowest BCUT2D eigenvalue weighted by Gasteiger charge is -2.34. The van der Waals surface area contributed by atoms with E-state index in [1.54, 1.807) is 37.1 Å². The highest BCUT2D eigenvalue weighted by molar-refractivity contribution is 5.94. The fourth-order valence-electron chi connectivity index (χ4n) is 4.63. The van der Waals surface area contributed by atoms with E-state index in [4.69, 9.17) is 4.74 Å². The number of hydrogen-bond acceptors (Lipinski definition) is 5. The monoisotopic (exact) mass is 576 g/mol. The first kappa shape index (κ1) is 30.2. The lowest BCUT2D eigenvalue weighted by molar-refractivity contribution is -0.137. The van der Waals surface area contributed by atoms with Gasteiger partial charge in [-0.15, -0.1) is 0 Å². The molecule has 0 spiro atoms. The van der Waals surface area contributed by atoms with Crippen LogP contribution in [0.15, 0.2) is 42.5 Å².